The van der Waals surface area contributed by atoms with Crippen molar-refractivity contribution in [2.75, 3.05) is 19.6 Å². The number of rotatable bonds is 3. The largest absolute Gasteiger partial charge is 0.355 e. The fraction of sp³-hybridized carbons (Fsp3) is 0.909. The standard InChI is InChI=1S/C11H22N2O/c1-9(2)8-13-10(14)11(3)4-6-12-7-5-11/h9,12H,4-8H2,1-3H3,(H,13,14). The molecule has 0 aliphatic carbocycles. The zero-order chi connectivity index (χ0) is 10.6. The number of piperidine rings is 1. The van der Waals surface area contributed by atoms with Crippen LogP contribution < -0.4 is 10.6 Å². The van der Waals surface area contributed by atoms with Gasteiger partial charge in [-0.15, -0.1) is 0 Å². The molecule has 1 saturated heterocycles. The molecule has 1 rings (SSSR count). The Hall–Kier alpha value is -0.570. The molecular weight excluding hydrogens is 176 g/mol. The molecule has 0 aromatic rings. The lowest BCUT2D eigenvalue weighted by atomic mass is 9.80. The summed E-state index contributed by atoms with van der Waals surface area (Å²) >= 11 is 0. The van der Waals surface area contributed by atoms with Crippen LogP contribution in [0.25, 0.3) is 0 Å². The maximum Gasteiger partial charge on any atom is 0.226 e. The van der Waals surface area contributed by atoms with Crippen LogP contribution in [-0.4, -0.2) is 25.5 Å². The van der Waals surface area contributed by atoms with E-state index in [0.717, 1.165) is 32.5 Å². The summed E-state index contributed by atoms with van der Waals surface area (Å²) < 4.78 is 0. The van der Waals surface area contributed by atoms with E-state index in [9.17, 15) is 4.79 Å². The van der Waals surface area contributed by atoms with Crippen LogP contribution in [0.5, 0.6) is 0 Å². The number of hydrogen-bond donors (Lipinski definition) is 2. The van der Waals surface area contributed by atoms with Gasteiger partial charge in [0.1, 0.15) is 0 Å². The van der Waals surface area contributed by atoms with Gasteiger partial charge in [-0.3, -0.25) is 4.79 Å². The lowest BCUT2D eigenvalue weighted by Gasteiger charge is -2.32. The highest BCUT2D eigenvalue weighted by atomic mass is 16.2. The molecule has 1 aliphatic rings. The molecule has 3 nitrogen and oxygen atoms in total. The molecule has 1 amide bonds. The third-order valence-electron chi connectivity index (χ3n) is 2.93. The highest BCUT2D eigenvalue weighted by molar-refractivity contribution is 5.82. The van der Waals surface area contributed by atoms with Crippen molar-refractivity contribution in [3.8, 4) is 0 Å². The first kappa shape index (κ1) is 11.5. The van der Waals surface area contributed by atoms with Crippen LogP contribution in [-0.2, 0) is 4.79 Å². The van der Waals surface area contributed by atoms with E-state index < -0.39 is 0 Å². The van der Waals surface area contributed by atoms with Gasteiger partial charge in [0.25, 0.3) is 0 Å². The molecule has 0 aromatic heterocycles. The molecule has 0 unspecified atom stereocenters. The van der Waals surface area contributed by atoms with Gasteiger partial charge in [-0.1, -0.05) is 20.8 Å². The molecule has 0 radical (unpaired) electrons. The number of carbonyl (C=O) groups excluding carboxylic acids is 1. The van der Waals surface area contributed by atoms with Gasteiger partial charge in [0.15, 0.2) is 0 Å². The van der Waals surface area contributed by atoms with Gasteiger partial charge in [-0.05, 0) is 31.8 Å². The van der Waals surface area contributed by atoms with Crippen molar-refractivity contribution < 1.29 is 4.79 Å². The highest BCUT2D eigenvalue weighted by Crippen LogP contribution is 2.27. The molecule has 0 aromatic carbocycles. The second-order valence-electron chi connectivity index (χ2n) is 4.91. The molecule has 3 heteroatoms. The Morgan fingerprint density at radius 1 is 1.43 bits per heavy atom. The summed E-state index contributed by atoms with van der Waals surface area (Å²) in [5.41, 5.74) is -0.139. The van der Waals surface area contributed by atoms with Gasteiger partial charge in [-0.25, -0.2) is 0 Å². The average Bonchev–Trinajstić information content (AvgIpc) is 2.15. The zero-order valence-electron chi connectivity index (χ0n) is 9.52. The smallest absolute Gasteiger partial charge is 0.226 e. The van der Waals surface area contributed by atoms with Crippen LogP contribution in [0.2, 0.25) is 0 Å². The van der Waals surface area contributed by atoms with E-state index in [0.29, 0.717) is 5.92 Å². The fourth-order valence-corrected chi connectivity index (χ4v) is 1.72. The summed E-state index contributed by atoms with van der Waals surface area (Å²) in [6, 6.07) is 0. The van der Waals surface area contributed by atoms with Crippen molar-refractivity contribution in [1.29, 1.82) is 0 Å². The van der Waals surface area contributed by atoms with E-state index in [1.165, 1.54) is 0 Å². The van der Waals surface area contributed by atoms with E-state index in [2.05, 4.69) is 31.4 Å². The predicted octanol–water partition coefficient (Wildman–Crippen LogP) is 1.15. The number of nitrogens with one attached hydrogen (secondary N) is 2. The lowest BCUT2D eigenvalue weighted by molar-refractivity contribution is -0.131. The molecule has 0 bridgehead atoms. The fourth-order valence-electron chi connectivity index (χ4n) is 1.72. The number of amides is 1. The maximum absolute atomic E-state index is 11.9. The summed E-state index contributed by atoms with van der Waals surface area (Å²) in [6.07, 6.45) is 1.91. The van der Waals surface area contributed by atoms with Crippen molar-refractivity contribution in [1.82, 2.24) is 10.6 Å². The van der Waals surface area contributed by atoms with Crippen molar-refractivity contribution >= 4 is 5.91 Å². The van der Waals surface area contributed by atoms with Gasteiger partial charge < -0.3 is 10.6 Å². The molecule has 1 aliphatic heterocycles. The van der Waals surface area contributed by atoms with Gasteiger partial charge in [0.2, 0.25) is 5.91 Å². The van der Waals surface area contributed by atoms with Crippen LogP contribution in [0.3, 0.4) is 0 Å². The molecule has 1 fully saturated rings. The minimum absolute atomic E-state index is 0.139. The second-order valence-corrected chi connectivity index (χ2v) is 4.91. The van der Waals surface area contributed by atoms with Gasteiger partial charge in [0, 0.05) is 12.0 Å². The van der Waals surface area contributed by atoms with Crippen molar-refractivity contribution in [2.24, 2.45) is 11.3 Å². The molecule has 14 heavy (non-hydrogen) atoms. The highest BCUT2D eigenvalue weighted by Gasteiger charge is 2.34. The van der Waals surface area contributed by atoms with E-state index in [-0.39, 0.29) is 11.3 Å². The zero-order valence-corrected chi connectivity index (χ0v) is 9.52. The Morgan fingerprint density at radius 2 is 2.00 bits per heavy atom. The SMILES string of the molecule is CC(C)CNC(=O)C1(C)CCNCC1. The van der Waals surface area contributed by atoms with Crippen LogP contribution in [0.15, 0.2) is 0 Å². The molecule has 2 N–H and O–H groups in total. The van der Waals surface area contributed by atoms with Gasteiger partial charge in [-0.2, -0.15) is 0 Å². The quantitative estimate of drug-likeness (QED) is 0.714. The van der Waals surface area contributed by atoms with Crippen molar-refractivity contribution in [3.63, 3.8) is 0 Å². The topological polar surface area (TPSA) is 41.1 Å². The summed E-state index contributed by atoms with van der Waals surface area (Å²) in [5, 5.41) is 6.31. The van der Waals surface area contributed by atoms with Crippen LogP contribution in [0.4, 0.5) is 0 Å². The first-order valence-electron chi connectivity index (χ1n) is 5.53. The van der Waals surface area contributed by atoms with E-state index >= 15 is 0 Å². The third-order valence-corrected chi connectivity index (χ3v) is 2.93. The van der Waals surface area contributed by atoms with E-state index in [1.807, 2.05) is 0 Å². The Labute approximate surface area is 86.6 Å². The first-order chi connectivity index (χ1) is 6.54. The van der Waals surface area contributed by atoms with E-state index in [4.69, 9.17) is 0 Å². The minimum Gasteiger partial charge on any atom is -0.355 e. The molecule has 82 valence electrons. The monoisotopic (exact) mass is 198 g/mol. The van der Waals surface area contributed by atoms with Crippen LogP contribution in [0.1, 0.15) is 33.6 Å². The third kappa shape index (κ3) is 2.98. The summed E-state index contributed by atoms with van der Waals surface area (Å²) in [7, 11) is 0. The average molecular weight is 198 g/mol. The van der Waals surface area contributed by atoms with Gasteiger partial charge >= 0.3 is 0 Å². The maximum atomic E-state index is 11.9. The van der Waals surface area contributed by atoms with Crippen LogP contribution >= 0.6 is 0 Å². The Bertz CT molecular complexity index is 195. The second kappa shape index (κ2) is 4.78. The lowest BCUT2D eigenvalue weighted by Crippen LogP contribution is -2.46. The first-order valence-corrected chi connectivity index (χ1v) is 5.53. The molecule has 1 heterocycles. The molecule has 0 spiro atoms. The number of hydrogen-bond acceptors (Lipinski definition) is 2. The summed E-state index contributed by atoms with van der Waals surface area (Å²) in [6.45, 7) is 9.03. The summed E-state index contributed by atoms with van der Waals surface area (Å²) in [5.74, 6) is 0.761. The summed E-state index contributed by atoms with van der Waals surface area (Å²) in [4.78, 5) is 11.9. The van der Waals surface area contributed by atoms with Crippen molar-refractivity contribution in [2.45, 2.75) is 33.6 Å². The van der Waals surface area contributed by atoms with Crippen molar-refractivity contribution in [3.05, 3.63) is 0 Å². The Kier molecular flexibility index (Phi) is 3.93. The normalized spacial score (nSPS) is 20.9. The van der Waals surface area contributed by atoms with Gasteiger partial charge in [0.05, 0.1) is 0 Å². The Morgan fingerprint density at radius 3 is 2.50 bits per heavy atom. The van der Waals surface area contributed by atoms with Crippen LogP contribution in [0, 0.1) is 11.3 Å². The minimum atomic E-state index is -0.139. The molecule has 0 saturated carbocycles. The number of carbonyl (C=O) groups is 1. The molecule has 0 atom stereocenters. The predicted molar refractivity (Wildman–Crippen MR) is 58.1 cm³/mol. The van der Waals surface area contributed by atoms with E-state index in [1.54, 1.807) is 0 Å². The Balaban J connectivity index is 2.41. The molecular formula is C11H22N2O.